The maximum absolute atomic E-state index is 5.58. The predicted octanol–water partition coefficient (Wildman–Crippen LogP) is 6.06. The van der Waals surface area contributed by atoms with E-state index < -0.39 is 0 Å². The second-order valence-corrected chi connectivity index (χ2v) is 8.43. The molecule has 31 heavy (non-hydrogen) atoms. The number of anilines is 1. The van der Waals surface area contributed by atoms with Crippen molar-refractivity contribution in [2.45, 2.75) is 16.6 Å². The van der Waals surface area contributed by atoms with Gasteiger partial charge in [0.25, 0.3) is 0 Å². The van der Waals surface area contributed by atoms with Crippen molar-refractivity contribution in [2.75, 3.05) is 39.3 Å². The van der Waals surface area contributed by atoms with E-state index in [1.165, 1.54) is 16.1 Å². The van der Waals surface area contributed by atoms with E-state index in [4.69, 9.17) is 18.6 Å². The first-order chi connectivity index (χ1) is 15.2. The molecule has 2 aromatic carbocycles. The van der Waals surface area contributed by atoms with Crippen LogP contribution >= 0.6 is 11.8 Å². The van der Waals surface area contributed by atoms with Gasteiger partial charge in [-0.2, -0.15) is 0 Å². The van der Waals surface area contributed by atoms with Gasteiger partial charge in [0.1, 0.15) is 5.76 Å². The molecule has 0 fully saturated rings. The molecule has 0 aliphatic carbocycles. The fraction of sp³-hybridized carbons (Fsp3) is 0.280. The number of fused-ring (bicyclic) bond motifs is 1. The summed E-state index contributed by atoms with van der Waals surface area (Å²) in [5.74, 6) is 2.87. The van der Waals surface area contributed by atoms with Crippen LogP contribution < -0.4 is 19.1 Å². The average molecular weight is 438 g/mol. The lowest BCUT2D eigenvalue weighted by atomic mass is 10.1. The average Bonchev–Trinajstić information content (AvgIpc) is 3.26. The Kier molecular flexibility index (Phi) is 6.77. The lowest BCUT2D eigenvalue weighted by Gasteiger charge is -2.23. The summed E-state index contributed by atoms with van der Waals surface area (Å²) in [5.41, 5.74) is 2.42. The molecule has 1 aliphatic heterocycles. The largest absolute Gasteiger partial charge is 0.493 e. The fourth-order valence-corrected chi connectivity index (χ4v) is 5.09. The zero-order chi connectivity index (χ0) is 21.6. The zero-order valence-corrected chi connectivity index (χ0v) is 18.9. The molecule has 0 saturated heterocycles. The lowest BCUT2D eigenvalue weighted by molar-refractivity contribution is 0.323. The van der Waals surface area contributed by atoms with Crippen molar-refractivity contribution in [3.05, 3.63) is 72.2 Å². The van der Waals surface area contributed by atoms with E-state index >= 15 is 0 Å². The quantitative estimate of drug-likeness (QED) is 0.447. The van der Waals surface area contributed by atoms with Crippen molar-refractivity contribution in [3.63, 3.8) is 0 Å². The van der Waals surface area contributed by atoms with Crippen LogP contribution in [-0.2, 0) is 0 Å². The Bertz CT molecular complexity index is 1010. The van der Waals surface area contributed by atoms with Crippen LogP contribution in [0.5, 0.6) is 17.2 Å². The number of benzene rings is 2. The number of methoxy groups -OCH3 is 3. The Morgan fingerprint density at radius 1 is 1.03 bits per heavy atom. The monoisotopic (exact) mass is 437 g/mol. The van der Waals surface area contributed by atoms with Crippen molar-refractivity contribution in [2.24, 2.45) is 0 Å². The molecule has 0 spiro atoms. The summed E-state index contributed by atoms with van der Waals surface area (Å²) in [7, 11) is 4.94. The molecule has 0 saturated carbocycles. The summed E-state index contributed by atoms with van der Waals surface area (Å²) >= 11 is 1.88. The number of nitrogens with zero attached hydrogens (tertiary/aromatic N) is 1. The summed E-state index contributed by atoms with van der Waals surface area (Å²) in [6.45, 7) is 1.76. The molecule has 2 heterocycles. The van der Waals surface area contributed by atoms with Crippen LogP contribution in [-0.4, -0.2) is 34.4 Å². The van der Waals surface area contributed by atoms with E-state index in [2.05, 4.69) is 47.4 Å². The van der Waals surface area contributed by atoms with E-state index in [-0.39, 0.29) is 5.25 Å². The number of hydrogen-bond acceptors (Lipinski definition) is 6. The number of rotatable bonds is 7. The standard InChI is InChI=1S/C25H27NO4S/c1-27-21-16-18(17-22(28-2)25(21)29-3)23-12-14-26(13-6-8-19-9-7-15-30-19)20-10-4-5-11-24(20)31-23/h4-11,15-17,23H,12-14H2,1-3H3. The molecule has 0 radical (unpaired) electrons. The van der Waals surface area contributed by atoms with Gasteiger partial charge in [-0.15, -0.1) is 11.8 Å². The van der Waals surface area contributed by atoms with Crippen LogP contribution in [0.3, 0.4) is 0 Å². The van der Waals surface area contributed by atoms with Crippen molar-refractivity contribution >= 4 is 23.5 Å². The number of thioether (sulfide) groups is 1. The van der Waals surface area contributed by atoms with E-state index in [0.717, 1.165) is 25.3 Å². The summed E-state index contributed by atoms with van der Waals surface area (Å²) in [4.78, 5) is 3.69. The van der Waals surface area contributed by atoms with Gasteiger partial charge in [-0.25, -0.2) is 0 Å². The van der Waals surface area contributed by atoms with Gasteiger partial charge in [-0.3, -0.25) is 0 Å². The first kappa shape index (κ1) is 21.2. The Morgan fingerprint density at radius 3 is 2.48 bits per heavy atom. The summed E-state index contributed by atoms with van der Waals surface area (Å²) in [5, 5.41) is 0.272. The molecule has 4 rings (SSSR count). The highest BCUT2D eigenvalue weighted by Gasteiger charge is 2.25. The van der Waals surface area contributed by atoms with E-state index in [1.807, 2.05) is 30.0 Å². The maximum atomic E-state index is 5.58. The molecule has 162 valence electrons. The number of hydrogen-bond donors (Lipinski definition) is 0. The van der Waals surface area contributed by atoms with Gasteiger partial charge < -0.3 is 23.5 Å². The Morgan fingerprint density at radius 2 is 1.81 bits per heavy atom. The van der Waals surface area contributed by atoms with Crippen LogP contribution in [0.1, 0.15) is 23.0 Å². The lowest BCUT2D eigenvalue weighted by Crippen LogP contribution is -2.24. The van der Waals surface area contributed by atoms with Gasteiger partial charge in [0.2, 0.25) is 5.75 Å². The molecule has 0 amide bonds. The third-order valence-electron chi connectivity index (χ3n) is 5.35. The highest BCUT2D eigenvalue weighted by molar-refractivity contribution is 7.99. The SMILES string of the molecule is COc1cc(C2CCN(CC=Cc3ccco3)c3ccccc3S2)cc(OC)c1OC. The number of ether oxygens (including phenoxy) is 3. The highest BCUT2D eigenvalue weighted by Crippen LogP contribution is 2.48. The third-order valence-corrected chi connectivity index (χ3v) is 6.74. The van der Waals surface area contributed by atoms with Gasteiger partial charge in [-0.1, -0.05) is 18.2 Å². The van der Waals surface area contributed by atoms with Gasteiger partial charge >= 0.3 is 0 Å². The van der Waals surface area contributed by atoms with Crippen LogP contribution in [0, 0.1) is 0 Å². The third kappa shape index (κ3) is 4.69. The Balaban J connectivity index is 1.61. The van der Waals surface area contributed by atoms with Gasteiger partial charge in [0.15, 0.2) is 11.5 Å². The summed E-state index contributed by atoms with van der Waals surface area (Å²) in [6.07, 6.45) is 6.86. The summed E-state index contributed by atoms with van der Waals surface area (Å²) < 4.78 is 22.1. The van der Waals surface area contributed by atoms with Crippen molar-refractivity contribution in [3.8, 4) is 17.2 Å². The number of para-hydroxylation sites is 1. The second-order valence-electron chi connectivity index (χ2n) is 7.19. The van der Waals surface area contributed by atoms with E-state index in [1.54, 1.807) is 27.6 Å². The first-order valence-electron chi connectivity index (χ1n) is 10.2. The zero-order valence-electron chi connectivity index (χ0n) is 18.0. The predicted molar refractivity (Wildman–Crippen MR) is 126 cm³/mol. The second kappa shape index (κ2) is 9.88. The topological polar surface area (TPSA) is 44.1 Å². The van der Waals surface area contributed by atoms with Crippen molar-refractivity contribution in [1.29, 1.82) is 0 Å². The maximum Gasteiger partial charge on any atom is 0.203 e. The molecule has 1 aliphatic rings. The normalized spacial score (nSPS) is 16.1. The summed E-state index contributed by atoms with van der Waals surface area (Å²) in [6, 6.07) is 16.6. The molecule has 6 heteroatoms. The Labute approximate surface area is 187 Å². The van der Waals surface area contributed by atoms with Gasteiger partial charge in [-0.05, 0) is 54.5 Å². The molecule has 1 aromatic heterocycles. The molecule has 1 unspecified atom stereocenters. The van der Waals surface area contributed by atoms with Crippen molar-refractivity contribution < 1.29 is 18.6 Å². The molecular weight excluding hydrogens is 410 g/mol. The highest BCUT2D eigenvalue weighted by atomic mass is 32.2. The molecular formula is C25H27NO4S. The van der Waals surface area contributed by atoms with Crippen LogP contribution in [0.4, 0.5) is 5.69 Å². The first-order valence-corrected chi connectivity index (χ1v) is 11.1. The van der Waals surface area contributed by atoms with Crippen LogP contribution in [0.15, 0.2) is 70.2 Å². The van der Waals surface area contributed by atoms with Gasteiger partial charge in [0.05, 0.1) is 33.3 Å². The minimum atomic E-state index is 0.272. The minimum Gasteiger partial charge on any atom is -0.493 e. The molecule has 3 aromatic rings. The van der Waals surface area contributed by atoms with Crippen LogP contribution in [0.2, 0.25) is 0 Å². The Hall–Kier alpha value is -2.99. The van der Waals surface area contributed by atoms with Gasteiger partial charge in [0, 0.05) is 23.2 Å². The van der Waals surface area contributed by atoms with Crippen LogP contribution in [0.25, 0.3) is 6.08 Å². The molecule has 0 bridgehead atoms. The number of furan rings is 1. The molecule has 5 nitrogen and oxygen atoms in total. The molecule has 0 N–H and O–H groups in total. The van der Waals surface area contributed by atoms with E-state index in [9.17, 15) is 0 Å². The minimum absolute atomic E-state index is 0.272. The van der Waals surface area contributed by atoms with E-state index in [0.29, 0.717) is 17.2 Å². The van der Waals surface area contributed by atoms with Crippen molar-refractivity contribution in [1.82, 2.24) is 0 Å². The smallest absolute Gasteiger partial charge is 0.203 e. The fourth-order valence-electron chi connectivity index (χ4n) is 3.82. The molecule has 1 atom stereocenters.